The van der Waals surface area contributed by atoms with E-state index in [2.05, 4.69) is 40.3 Å². The van der Waals surface area contributed by atoms with Crippen molar-refractivity contribution in [3.8, 4) is 5.75 Å². The highest BCUT2D eigenvalue weighted by Gasteiger charge is 2.31. The summed E-state index contributed by atoms with van der Waals surface area (Å²) in [6, 6.07) is 15.3. The predicted molar refractivity (Wildman–Crippen MR) is 195 cm³/mol. The van der Waals surface area contributed by atoms with Crippen molar-refractivity contribution in [1.82, 2.24) is 41.2 Å². The predicted octanol–water partition coefficient (Wildman–Crippen LogP) is 3.40. The number of fused-ring (bicyclic) bond motifs is 14. The highest BCUT2D eigenvalue weighted by Crippen LogP contribution is 2.32. The van der Waals surface area contributed by atoms with Crippen molar-refractivity contribution in [2.75, 3.05) is 6.61 Å². The molecular formula is C39H48N8O6. The topological polar surface area (TPSA) is 182 Å². The number of hydrogen-bond donors (Lipinski definition) is 4. The lowest BCUT2D eigenvalue weighted by Crippen LogP contribution is -2.54. The number of nitrogens with zero attached hydrogens (tertiary/aromatic N) is 4. The number of ether oxygens (including phenoxy) is 1. The van der Waals surface area contributed by atoms with Gasteiger partial charge in [-0.3, -0.25) is 19.2 Å². The minimum absolute atomic E-state index is 0.0340. The van der Waals surface area contributed by atoms with E-state index in [1.165, 1.54) is 6.07 Å². The first kappa shape index (κ1) is 37.2. The van der Waals surface area contributed by atoms with Gasteiger partial charge in [0.15, 0.2) is 11.6 Å². The fourth-order valence-corrected chi connectivity index (χ4v) is 6.39. The maximum atomic E-state index is 13.9. The van der Waals surface area contributed by atoms with E-state index in [0.717, 1.165) is 24.0 Å². The van der Waals surface area contributed by atoms with Gasteiger partial charge in [0.1, 0.15) is 31.0 Å². The summed E-state index contributed by atoms with van der Waals surface area (Å²) in [6.45, 7) is 7.58. The van der Waals surface area contributed by atoms with Crippen LogP contribution in [0.5, 0.6) is 5.75 Å². The zero-order chi connectivity index (χ0) is 37.5. The Labute approximate surface area is 308 Å². The summed E-state index contributed by atoms with van der Waals surface area (Å²) in [5.41, 5.74) is 2.21. The first-order valence-electron chi connectivity index (χ1n) is 18.3. The third kappa shape index (κ3) is 10.5. The minimum atomic E-state index is -1.06. The van der Waals surface area contributed by atoms with Gasteiger partial charge in [0, 0.05) is 18.9 Å². The van der Waals surface area contributed by atoms with Gasteiger partial charge < -0.3 is 30.5 Å². The summed E-state index contributed by atoms with van der Waals surface area (Å²) in [7, 11) is 0. The molecule has 4 heterocycles. The Bertz CT molecular complexity index is 1880. The van der Waals surface area contributed by atoms with E-state index in [4.69, 9.17) is 19.3 Å². The van der Waals surface area contributed by atoms with Crippen molar-refractivity contribution in [2.24, 2.45) is 11.8 Å². The Morgan fingerprint density at radius 3 is 2.42 bits per heavy atom. The SMILES string of the molecule is Cc1cc(C(=O)N[C@H]2Cc3ccc(cc3)OC[C@H](CC(C)C)NC(=O)Cn3nc(CC4CC4)nc3[C@@H](Cc3ccccc3)NC(=O)[C@@H](C)NC2=O)on1. The molecule has 1 aliphatic carbocycles. The molecule has 4 N–H and O–H groups in total. The highest BCUT2D eigenvalue weighted by molar-refractivity contribution is 5.96. The highest BCUT2D eigenvalue weighted by atomic mass is 16.5. The van der Waals surface area contributed by atoms with Crippen molar-refractivity contribution in [3.05, 3.63) is 94.9 Å². The molecule has 4 atom stereocenters. The van der Waals surface area contributed by atoms with E-state index in [9.17, 15) is 19.2 Å². The Morgan fingerprint density at radius 2 is 1.74 bits per heavy atom. The fraction of sp³-hybridized carbons (Fsp3) is 0.462. The van der Waals surface area contributed by atoms with Gasteiger partial charge in [0.05, 0.1) is 17.8 Å². The quantitative estimate of drug-likeness (QED) is 0.212. The van der Waals surface area contributed by atoms with Crippen molar-refractivity contribution in [1.29, 1.82) is 0 Å². The molecule has 53 heavy (non-hydrogen) atoms. The number of rotatable bonds is 8. The van der Waals surface area contributed by atoms with E-state index in [1.54, 1.807) is 30.7 Å². The van der Waals surface area contributed by atoms with E-state index in [1.807, 2.05) is 42.5 Å². The molecule has 1 saturated carbocycles. The van der Waals surface area contributed by atoms with Crippen LogP contribution in [0.25, 0.3) is 0 Å². The van der Waals surface area contributed by atoms with Crippen molar-refractivity contribution < 1.29 is 28.4 Å². The first-order chi connectivity index (χ1) is 25.5. The second-order valence-corrected chi connectivity index (χ2v) is 14.6. The second kappa shape index (κ2) is 16.9. The van der Waals surface area contributed by atoms with Crippen molar-refractivity contribution in [2.45, 2.75) is 96.9 Å². The third-order valence-corrected chi connectivity index (χ3v) is 9.28. The van der Waals surface area contributed by atoms with E-state index in [-0.39, 0.29) is 43.2 Å². The van der Waals surface area contributed by atoms with Gasteiger partial charge in [-0.2, -0.15) is 5.10 Å². The van der Waals surface area contributed by atoms with E-state index in [0.29, 0.717) is 48.3 Å². The number of aromatic nitrogens is 4. The normalized spacial score (nSPS) is 21.6. The molecule has 4 aromatic rings. The summed E-state index contributed by atoms with van der Waals surface area (Å²) < 4.78 is 12.9. The second-order valence-electron chi connectivity index (χ2n) is 14.6. The Balaban J connectivity index is 1.33. The molecule has 14 heteroatoms. The molecule has 0 unspecified atom stereocenters. The van der Waals surface area contributed by atoms with E-state index < -0.39 is 35.8 Å². The van der Waals surface area contributed by atoms with Gasteiger partial charge in [-0.1, -0.05) is 61.5 Å². The molecule has 2 bridgehead atoms. The molecule has 1 fully saturated rings. The number of carbonyl (C=O) groups is 4. The number of aryl methyl sites for hydroxylation is 1. The Kier molecular flexibility index (Phi) is 11.9. The zero-order valence-corrected chi connectivity index (χ0v) is 30.6. The molecule has 0 spiro atoms. The van der Waals surface area contributed by atoms with Crippen LogP contribution in [0.2, 0.25) is 0 Å². The molecule has 3 aliphatic rings. The van der Waals surface area contributed by atoms with Crippen LogP contribution in [-0.2, 0) is 40.2 Å². The lowest BCUT2D eigenvalue weighted by molar-refractivity contribution is -0.130. The van der Waals surface area contributed by atoms with Crippen LogP contribution in [-0.4, -0.2) is 68.3 Å². The largest absolute Gasteiger partial charge is 0.491 e. The Morgan fingerprint density at radius 1 is 0.981 bits per heavy atom. The summed E-state index contributed by atoms with van der Waals surface area (Å²) in [4.78, 5) is 59.4. The lowest BCUT2D eigenvalue weighted by Gasteiger charge is -2.25. The molecule has 7 rings (SSSR count). The zero-order valence-electron chi connectivity index (χ0n) is 30.6. The van der Waals surface area contributed by atoms with E-state index >= 15 is 0 Å². The van der Waals surface area contributed by atoms with Crippen LogP contribution < -0.4 is 26.0 Å². The van der Waals surface area contributed by atoms with Gasteiger partial charge >= 0.3 is 0 Å². The van der Waals surface area contributed by atoms with Crippen LogP contribution in [0.15, 0.2) is 65.2 Å². The average molecular weight is 725 g/mol. The summed E-state index contributed by atoms with van der Waals surface area (Å²) in [5, 5.41) is 20.3. The summed E-state index contributed by atoms with van der Waals surface area (Å²) in [5.74, 6) is 0.523. The molecule has 2 aromatic carbocycles. The van der Waals surface area contributed by atoms with Gasteiger partial charge in [-0.25, -0.2) is 9.67 Å². The standard InChI is InChI=1S/C39H48N8O6/c1-23(2)16-29-22-52-30-14-12-27(13-15-30)19-32(43-39(51)33-17-24(3)46-53-33)38(50)40-25(4)37(49)42-31(18-26-8-6-5-7-9-26)36-44-34(20-28-10-11-28)45-47(36)21-35(48)41-29/h5-9,12-15,17,23,25,28-29,31-32H,10-11,16,18-22H2,1-4H3,(H,40,50)(H,41,48)(H,42,49)(H,43,51)/t25-,29+,31-,32+/m1/s1. The van der Waals surface area contributed by atoms with Gasteiger partial charge in [0.25, 0.3) is 5.91 Å². The van der Waals surface area contributed by atoms with Gasteiger partial charge in [0.2, 0.25) is 23.5 Å². The molecule has 4 amide bonds. The van der Waals surface area contributed by atoms with Crippen molar-refractivity contribution >= 4 is 23.6 Å². The number of carbonyl (C=O) groups excluding carboxylic acids is 4. The number of amides is 4. The van der Waals surface area contributed by atoms with Crippen LogP contribution in [0.3, 0.4) is 0 Å². The molecular weight excluding hydrogens is 676 g/mol. The maximum absolute atomic E-state index is 13.9. The number of hydrogen-bond acceptors (Lipinski definition) is 9. The third-order valence-electron chi connectivity index (χ3n) is 9.28. The van der Waals surface area contributed by atoms with Crippen LogP contribution in [0.4, 0.5) is 0 Å². The maximum Gasteiger partial charge on any atom is 0.290 e. The average Bonchev–Trinajstić information content (AvgIpc) is 3.69. The fourth-order valence-electron chi connectivity index (χ4n) is 6.39. The molecule has 280 valence electrons. The molecule has 0 saturated heterocycles. The van der Waals surface area contributed by atoms with Crippen molar-refractivity contribution in [3.63, 3.8) is 0 Å². The van der Waals surface area contributed by atoms with Crippen LogP contribution in [0.1, 0.15) is 85.1 Å². The molecule has 2 aliphatic heterocycles. The molecule has 2 aromatic heterocycles. The van der Waals surface area contributed by atoms with Gasteiger partial charge in [-0.05, 0) is 74.6 Å². The smallest absolute Gasteiger partial charge is 0.290 e. The molecule has 0 radical (unpaired) electrons. The minimum Gasteiger partial charge on any atom is -0.491 e. The summed E-state index contributed by atoms with van der Waals surface area (Å²) >= 11 is 0. The Hall–Kier alpha value is -5.53. The molecule has 14 nitrogen and oxygen atoms in total. The first-order valence-corrected chi connectivity index (χ1v) is 18.3. The monoisotopic (exact) mass is 724 g/mol. The summed E-state index contributed by atoms with van der Waals surface area (Å²) in [6.07, 6.45) is 4.06. The number of benzene rings is 2. The van der Waals surface area contributed by atoms with Gasteiger partial charge in [-0.15, -0.1) is 0 Å². The van der Waals surface area contributed by atoms with Crippen LogP contribution >= 0.6 is 0 Å². The van der Waals surface area contributed by atoms with Crippen LogP contribution in [0, 0.1) is 18.8 Å². The lowest BCUT2D eigenvalue weighted by atomic mass is 10.0. The number of nitrogens with one attached hydrogen (secondary N) is 4.